The van der Waals surface area contributed by atoms with Crippen LogP contribution in [0.4, 0.5) is 0 Å². The highest BCUT2D eigenvalue weighted by Crippen LogP contribution is 2.47. The van der Waals surface area contributed by atoms with Gasteiger partial charge in [-0.15, -0.1) is 0 Å². The van der Waals surface area contributed by atoms with Gasteiger partial charge in [0.2, 0.25) is 0 Å². The second-order valence-electron chi connectivity index (χ2n) is 3.61. The highest BCUT2D eigenvalue weighted by molar-refractivity contribution is 5.77. The molecule has 0 aromatic heterocycles. The predicted octanol–water partition coefficient (Wildman–Crippen LogP) is 2.35. The number of carbonyl (C=O) groups is 1. The largest absolute Gasteiger partial charge is 0.466 e. The first kappa shape index (κ1) is 9.25. The summed E-state index contributed by atoms with van der Waals surface area (Å²) < 4.78 is 4.98. The first-order valence-electron chi connectivity index (χ1n) is 5.04. The molecule has 1 unspecified atom stereocenters. The Morgan fingerprint density at radius 1 is 1.43 bits per heavy atom. The summed E-state index contributed by atoms with van der Waals surface area (Å²) in [6.45, 7) is 2.33. The van der Waals surface area contributed by atoms with Gasteiger partial charge >= 0.3 is 5.97 Å². The minimum Gasteiger partial charge on any atom is -0.466 e. The first-order chi connectivity index (χ1) is 6.83. The van der Waals surface area contributed by atoms with Crippen LogP contribution in [0.25, 0.3) is 0 Å². The average Bonchev–Trinajstić information content (AvgIpc) is 2.99. The van der Waals surface area contributed by atoms with Crippen molar-refractivity contribution < 1.29 is 9.53 Å². The van der Waals surface area contributed by atoms with Crippen LogP contribution in [0.3, 0.4) is 0 Å². The molecule has 74 valence electrons. The summed E-state index contributed by atoms with van der Waals surface area (Å²) in [6, 6.07) is 10.2. The number of rotatable bonds is 3. The maximum atomic E-state index is 11.4. The third kappa shape index (κ3) is 1.79. The monoisotopic (exact) mass is 190 g/mol. The van der Waals surface area contributed by atoms with Gasteiger partial charge in [0.25, 0.3) is 0 Å². The second-order valence-corrected chi connectivity index (χ2v) is 3.61. The van der Waals surface area contributed by atoms with E-state index in [0.717, 1.165) is 6.42 Å². The lowest BCUT2D eigenvalue weighted by Crippen LogP contribution is -2.07. The molecule has 1 aromatic carbocycles. The molecular weight excluding hydrogens is 176 g/mol. The van der Waals surface area contributed by atoms with E-state index in [1.807, 2.05) is 25.1 Å². The highest BCUT2D eigenvalue weighted by Gasteiger charge is 2.44. The summed E-state index contributed by atoms with van der Waals surface area (Å²) in [5.41, 5.74) is 1.26. The van der Waals surface area contributed by atoms with E-state index in [2.05, 4.69) is 12.1 Å². The van der Waals surface area contributed by atoms with Crippen LogP contribution in [0.15, 0.2) is 30.3 Å². The van der Waals surface area contributed by atoms with Crippen molar-refractivity contribution in [2.24, 2.45) is 5.92 Å². The topological polar surface area (TPSA) is 26.3 Å². The second kappa shape index (κ2) is 3.82. The van der Waals surface area contributed by atoms with Crippen molar-refractivity contribution in [2.45, 2.75) is 19.3 Å². The highest BCUT2D eigenvalue weighted by atomic mass is 16.5. The first-order valence-corrected chi connectivity index (χ1v) is 5.04. The summed E-state index contributed by atoms with van der Waals surface area (Å²) >= 11 is 0. The third-order valence-corrected chi connectivity index (χ3v) is 2.61. The lowest BCUT2D eigenvalue weighted by Gasteiger charge is -2.00. The van der Waals surface area contributed by atoms with Crippen LogP contribution < -0.4 is 0 Å². The van der Waals surface area contributed by atoms with Crippen LogP contribution in [0.5, 0.6) is 0 Å². The minimum absolute atomic E-state index is 0.0404. The van der Waals surface area contributed by atoms with Crippen molar-refractivity contribution in [1.82, 2.24) is 0 Å². The Kier molecular flexibility index (Phi) is 2.53. The van der Waals surface area contributed by atoms with Crippen LogP contribution in [0, 0.1) is 5.92 Å². The molecule has 2 nitrogen and oxygen atoms in total. The number of ether oxygens (including phenoxy) is 1. The Balaban J connectivity index is 1.96. The molecule has 2 atom stereocenters. The van der Waals surface area contributed by atoms with Crippen LogP contribution in [0.1, 0.15) is 24.8 Å². The molecule has 0 amide bonds. The van der Waals surface area contributed by atoms with Crippen LogP contribution in [-0.4, -0.2) is 12.6 Å². The number of hydrogen-bond acceptors (Lipinski definition) is 2. The van der Waals surface area contributed by atoms with E-state index in [-0.39, 0.29) is 11.9 Å². The van der Waals surface area contributed by atoms with E-state index in [0.29, 0.717) is 12.5 Å². The van der Waals surface area contributed by atoms with Gasteiger partial charge in [0, 0.05) is 0 Å². The molecule has 0 saturated heterocycles. The van der Waals surface area contributed by atoms with Gasteiger partial charge < -0.3 is 4.74 Å². The molecule has 0 N–H and O–H groups in total. The van der Waals surface area contributed by atoms with E-state index < -0.39 is 0 Å². The predicted molar refractivity (Wildman–Crippen MR) is 53.9 cm³/mol. The van der Waals surface area contributed by atoms with E-state index in [1.165, 1.54) is 5.56 Å². The van der Waals surface area contributed by atoms with Crippen molar-refractivity contribution in [3.05, 3.63) is 35.9 Å². The van der Waals surface area contributed by atoms with Gasteiger partial charge in [-0.05, 0) is 24.8 Å². The van der Waals surface area contributed by atoms with Crippen molar-refractivity contribution in [3.8, 4) is 0 Å². The quantitative estimate of drug-likeness (QED) is 0.684. The number of benzene rings is 1. The normalized spacial score (nSPS) is 24.4. The standard InChI is InChI=1S/C12H14O2/c1-2-14-12(13)11-8-10(11)9-6-4-3-5-7-9/h3-7,10-11H,2,8H2,1H3/t10?,11-/m0/s1. The molecule has 1 aliphatic rings. The van der Waals surface area contributed by atoms with Gasteiger partial charge in [0.1, 0.15) is 0 Å². The Hall–Kier alpha value is -1.31. The molecule has 0 heterocycles. The minimum atomic E-state index is -0.0404. The van der Waals surface area contributed by atoms with Crippen molar-refractivity contribution >= 4 is 5.97 Å². The molecule has 0 bridgehead atoms. The average molecular weight is 190 g/mol. The molecule has 2 heteroatoms. The van der Waals surface area contributed by atoms with E-state index in [1.54, 1.807) is 0 Å². The van der Waals surface area contributed by atoms with Gasteiger partial charge in [-0.25, -0.2) is 0 Å². The van der Waals surface area contributed by atoms with E-state index in [9.17, 15) is 4.79 Å². The molecule has 0 radical (unpaired) electrons. The molecule has 1 fully saturated rings. The smallest absolute Gasteiger partial charge is 0.309 e. The summed E-state index contributed by atoms with van der Waals surface area (Å²) in [6.07, 6.45) is 0.947. The van der Waals surface area contributed by atoms with Gasteiger partial charge in [-0.1, -0.05) is 30.3 Å². The summed E-state index contributed by atoms with van der Waals surface area (Å²) in [7, 11) is 0. The summed E-state index contributed by atoms with van der Waals surface area (Å²) in [5, 5.41) is 0. The molecule has 1 aromatic rings. The fourth-order valence-electron chi connectivity index (χ4n) is 1.77. The lowest BCUT2D eigenvalue weighted by molar-refractivity contribution is -0.144. The van der Waals surface area contributed by atoms with Crippen molar-refractivity contribution in [3.63, 3.8) is 0 Å². The third-order valence-electron chi connectivity index (χ3n) is 2.61. The molecule has 1 aliphatic carbocycles. The Morgan fingerprint density at radius 3 is 2.79 bits per heavy atom. The molecular formula is C12H14O2. The van der Waals surface area contributed by atoms with Gasteiger partial charge in [-0.3, -0.25) is 4.79 Å². The zero-order chi connectivity index (χ0) is 9.97. The Labute approximate surface area is 83.9 Å². The molecule has 0 spiro atoms. The zero-order valence-electron chi connectivity index (χ0n) is 8.27. The zero-order valence-corrected chi connectivity index (χ0v) is 8.27. The van der Waals surface area contributed by atoms with Crippen LogP contribution >= 0.6 is 0 Å². The van der Waals surface area contributed by atoms with Crippen LogP contribution in [0.2, 0.25) is 0 Å². The van der Waals surface area contributed by atoms with Gasteiger partial charge in [-0.2, -0.15) is 0 Å². The Bertz CT molecular complexity index is 318. The maximum absolute atomic E-state index is 11.4. The SMILES string of the molecule is CCOC(=O)[C@H]1CC1c1ccccc1. The van der Waals surface area contributed by atoms with Crippen LogP contribution in [-0.2, 0) is 9.53 Å². The maximum Gasteiger partial charge on any atom is 0.309 e. The molecule has 2 rings (SSSR count). The van der Waals surface area contributed by atoms with E-state index >= 15 is 0 Å². The van der Waals surface area contributed by atoms with Gasteiger partial charge in [0.15, 0.2) is 0 Å². The number of carbonyl (C=O) groups excluding carboxylic acids is 1. The summed E-state index contributed by atoms with van der Waals surface area (Å²) in [4.78, 5) is 11.4. The fraction of sp³-hybridized carbons (Fsp3) is 0.417. The number of esters is 1. The van der Waals surface area contributed by atoms with E-state index in [4.69, 9.17) is 4.74 Å². The van der Waals surface area contributed by atoms with Crippen molar-refractivity contribution in [2.75, 3.05) is 6.61 Å². The van der Waals surface area contributed by atoms with Crippen molar-refractivity contribution in [1.29, 1.82) is 0 Å². The Morgan fingerprint density at radius 2 is 2.14 bits per heavy atom. The number of hydrogen-bond donors (Lipinski definition) is 0. The van der Waals surface area contributed by atoms with Gasteiger partial charge in [0.05, 0.1) is 12.5 Å². The summed E-state index contributed by atoms with van der Waals surface area (Å²) in [5.74, 6) is 0.467. The fourth-order valence-corrected chi connectivity index (χ4v) is 1.77. The molecule has 14 heavy (non-hydrogen) atoms. The molecule has 0 aliphatic heterocycles. The lowest BCUT2D eigenvalue weighted by atomic mass is 10.1. The molecule has 1 saturated carbocycles.